The van der Waals surface area contributed by atoms with Gasteiger partial charge in [-0.1, -0.05) is 34.8 Å². The Morgan fingerprint density at radius 1 is 1.07 bits per heavy atom. The second kappa shape index (κ2) is 4.05. The lowest BCUT2D eigenvalue weighted by Crippen LogP contribution is -1.80. The van der Waals surface area contributed by atoms with Crippen LogP contribution in [0, 0.1) is 6.92 Å². The minimum atomic E-state index is 0.411. The van der Waals surface area contributed by atoms with Crippen LogP contribution >= 0.6 is 34.8 Å². The van der Waals surface area contributed by atoms with Crippen molar-refractivity contribution in [1.29, 1.82) is 0 Å². The average molecular weight is 263 g/mol. The molecule has 15 heavy (non-hydrogen) atoms. The molecule has 0 saturated heterocycles. The van der Waals surface area contributed by atoms with Gasteiger partial charge in [-0.15, -0.1) is 0 Å². The topological polar surface area (TPSA) is 26.0 Å². The van der Waals surface area contributed by atoms with E-state index in [4.69, 9.17) is 39.2 Å². The molecule has 0 amide bonds. The molecule has 0 saturated carbocycles. The fraction of sp³-hybridized carbons (Fsp3) is 0.100. The van der Waals surface area contributed by atoms with Gasteiger partial charge < -0.3 is 4.42 Å². The van der Waals surface area contributed by atoms with Crippen LogP contribution < -0.4 is 0 Å². The zero-order chi connectivity index (χ0) is 11.0. The van der Waals surface area contributed by atoms with Crippen LogP contribution in [0.5, 0.6) is 0 Å². The Bertz CT molecular complexity index is 507. The highest BCUT2D eigenvalue weighted by Gasteiger charge is 2.12. The first-order valence-corrected chi connectivity index (χ1v) is 5.28. The van der Waals surface area contributed by atoms with Gasteiger partial charge in [-0.05, 0) is 19.1 Å². The van der Waals surface area contributed by atoms with Gasteiger partial charge in [-0.3, -0.25) is 0 Å². The van der Waals surface area contributed by atoms with Gasteiger partial charge in [0.2, 0.25) is 5.89 Å². The van der Waals surface area contributed by atoms with Crippen molar-refractivity contribution in [2.24, 2.45) is 0 Å². The molecule has 0 aliphatic carbocycles. The van der Waals surface area contributed by atoms with Crippen LogP contribution in [0.4, 0.5) is 0 Å². The summed E-state index contributed by atoms with van der Waals surface area (Å²) in [4.78, 5) is 4.06. The Balaban J connectivity index is 2.58. The summed E-state index contributed by atoms with van der Waals surface area (Å²) in [6.45, 7) is 1.81. The van der Waals surface area contributed by atoms with Crippen molar-refractivity contribution < 1.29 is 4.42 Å². The number of aryl methyl sites for hydroxylation is 1. The maximum Gasteiger partial charge on any atom is 0.227 e. The maximum atomic E-state index is 6.00. The molecule has 0 aliphatic rings. The highest BCUT2D eigenvalue weighted by Crippen LogP contribution is 2.34. The highest BCUT2D eigenvalue weighted by atomic mass is 35.5. The average Bonchev–Trinajstić information content (AvgIpc) is 2.58. The van der Waals surface area contributed by atoms with Gasteiger partial charge in [0.1, 0.15) is 5.76 Å². The number of hydrogen-bond acceptors (Lipinski definition) is 2. The van der Waals surface area contributed by atoms with Crippen LogP contribution in [0.25, 0.3) is 11.5 Å². The number of benzene rings is 1. The Morgan fingerprint density at radius 2 is 1.73 bits per heavy atom. The molecular formula is C10H6Cl3NO. The van der Waals surface area contributed by atoms with Crippen molar-refractivity contribution in [3.8, 4) is 11.5 Å². The van der Waals surface area contributed by atoms with Crippen LogP contribution in [-0.4, -0.2) is 4.98 Å². The van der Waals surface area contributed by atoms with E-state index in [0.717, 1.165) is 0 Å². The second-order valence-electron chi connectivity index (χ2n) is 3.02. The highest BCUT2D eigenvalue weighted by molar-refractivity contribution is 6.43. The first-order valence-electron chi connectivity index (χ1n) is 4.15. The molecule has 1 aromatic heterocycles. The standard InChI is InChI=1S/C10H6Cl3NO/c1-5-4-14-10(15-5)6-2-8(12)9(13)3-7(6)11/h2-4H,1H3. The number of nitrogens with zero attached hydrogens (tertiary/aromatic N) is 1. The van der Waals surface area contributed by atoms with Crippen molar-refractivity contribution >= 4 is 34.8 Å². The molecule has 0 unspecified atom stereocenters. The lowest BCUT2D eigenvalue weighted by atomic mass is 10.2. The third-order valence-electron chi connectivity index (χ3n) is 1.86. The number of halogens is 3. The molecule has 78 valence electrons. The van der Waals surface area contributed by atoms with Gasteiger partial charge in [-0.25, -0.2) is 4.98 Å². The largest absolute Gasteiger partial charge is 0.441 e. The smallest absolute Gasteiger partial charge is 0.227 e. The quantitative estimate of drug-likeness (QED) is 0.701. The molecule has 0 spiro atoms. The van der Waals surface area contributed by atoms with Crippen molar-refractivity contribution in [3.63, 3.8) is 0 Å². The summed E-state index contributed by atoms with van der Waals surface area (Å²) >= 11 is 17.7. The van der Waals surface area contributed by atoms with Crippen LogP contribution in [0.1, 0.15) is 5.76 Å². The number of hydrogen-bond donors (Lipinski definition) is 0. The van der Waals surface area contributed by atoms with E-state index in [-0.39, 0.29) is 0 Å². The van der Waals surface area contributed by atoms with Gasteiger partial charge in [0, 0.05) is 0 Å². The van der Waals surface area contributed by atoms with Crippen molar-refractivity contribution in [2.45, 2.75) is 6.92 Å². The number of aromatic nitrogens is 1. The van der Waals surface area contributed by atoms with E-state index >= 15 is 0 Å². The third kappa shape index (κ3) is 2.12. The van der Waals surface area contributed by atoms with Crippen LogP contribution in [0.2, 0.25) is 15.1 Å². The fourth-order valence-corrected chi connectivity index (χ4v) is 1.79. The molecule has 0 atom stereocenters. The fourth-order valence-electron chi connectivity index (χ4n) is 1.17. The molecule has 0 aliphatic heterocycles. The molecule has 0 N–H and O–H groups in total. The lowest BCUT2D eigenvalue weighted by molar-refractivity contribution is 0.542. The maximum absolute atomic E-state index is 6.00. The van der Waals surface area contributed by atoms with E-state index in [1.54, 1.807) is 18.3 Å². The van der Waals surface area contributed by atoms with Crippen LogP contribution in [0.3, 0.4) is 0 Å². The van der Waals surface area contributed by atoms with E-state index in [2.05, 4.69) is 4.98 Å². The summed E-state index contributed by atoms with van der Waals surface area (Å²) in [5.74, 6) is 1.16. The molecule has 2 nitrogen and oxygen atoms in total. The lowest BCUT2D eigenvalue weighted by Gasteiger charge is -2.02. The molecule has 2 aromatic rings. The van der Waals surface area contributed by atoms with Crippen molar-refractivity contribution in [3.05, 3.63) is 39.2 Å². The summed E-state index contributed by atoms with van der Waals surface area (Å²) in [6.07, 6.45) is 1.62. The SMILES string of the molecule is Cc1cnc(-c2cc(Cl)c(Cl)cc2Cl)o1. The van der Waals surface area contributed by atoms with Crippen LogP contribution in [0.15, 0.2) is 22.7 Å². The minimum absolute atomic E-state index is 0.411. The zero-order valence-corrected chi connectivity index (χ0v) is 9.99. The van der Waals surface area contributed by atoms with Crippen molar-refractivity contribution in [2.75, 3.05) is 0 Å². The first kappa shape index (κ1) is 10.8. The molecule has 0 fully saturated rings. The summed E-state index contributed by atoms with van der Waals surface area (Å²) in [5.41, 5.74) is 0.638. The Morgan fingerprint density at radius 3 is 2.33 bits per heavy atom. The minimum Gasteiger partial charge on any atom is -0.441 e. The van der Waals surface area contributed by atoms with Gasteiger partial charge in [0.05, 0.1) is 26.8 Å². The zero-order valence-electron chi connectivity index (χ0n) is 7.72. The molecule has 0 radical (unpaired) electrons. The van der Waals surface area contributed by atoms with Crippen molar-refractivity contribution in [1.82, 2.24) is 4.98 Å². The second-order valence-corrected chi connectivity index (χ2v) is 4.24. The van der Waals surface area contributed by atoms with Gasteiger partial charge in [-0.2, -0.15) is 0 Å². The van der Waals surface area contributed by atoms with Gasteiger partial charge in [0.25, 0.3) is 0 Å². The summed E-state index contributed by atoms with van der Waals surface area (Å²) in [5, 5.41) is 1.30. The van der Waals surface area contributed by atoms with E-state index in [9.17, 15) is 0 Å². The molecule has 0 bridgehead atoms. The number of rotatable bonds is 1. The van der Waals surface area contributed by atoms with E-state index < -0.39 is 0 Å². The first-order chi connectivity index (χ1) is 7.08. The summed E-state index contributed by atoms with van der Waals surface area (Å²) in [7, 11) is 0. The number of oxazole rings is 1. The summed E-state index contributed by atoms with van der Waals surface area (Å²) in [6, 6.07) is 3.21. The molecule has 2 rings (SSSR count). The Hall–Kier alpha value is -0.700. The van der Waals surface area contributed by atoms with E-state index in [1.165, 1.54) is 0 Å². The van der Waals surface area contributed by atoms with Gasteiger partial charge >= 0.3 is 0 Å². The van der Waals surface area contributed by atoms with E-state index in [0.29, 0.717) is 32.3 Å². The van der Waals surface area contributed by atoms with Gasteiger partial charge in [0.15, 0.2) is 0 Å². The molecular weight excluding hydrogens is 256 g/mol. The predicted octanol–water partition coefficient (Wildman–Crippen LogP) is 4.61. The monoisotopic (exact) mass is 261 g/mol. The molecule has 1 aromatic carbocycles. The van der Waals surface area contributed by atoms with Crippen LogP contribution in [-0.2, 0) is 0 Å². The molecule has 1 heterocycles. The third-order valence-corrected chi connectivity index (χ3v) is 2.90. The summed E-state index contributed by atoms with van der Waals surface area (Å²) < 4.78 is 5.35. The Kier molecular flexibility index (Phi) is 2.91. The predicted molar refractivity (Wildman–Crippen MR) is 61.7 cm³/mol. The normalized spacial score (nSPS) is 10.7. The Labute approximate surface area is 102 Å². The van der Waals surface area contributed by atoms with E-state index in [1.807, 2.05) is 6.92 Å². The molecule has 5 heteroatoms.